The second kappa shape index (κ2) is 3.17. The van der Waals surface area contributed by atoms with Crippen molar-refractivity contribution in [3.63, 3.8) is 0 Å². The lowest BCUT2D eigenvalue weighted by Gasteiger charge is -2.02. The third-order valence-electron chi connectivity index (χ3n) is 0.957. The van der Waals surface area contributed by atoms with Crippen LogP contribution in [0.1, 0.15) is 13.8 Å². The Balaban J connectivity index is 3.90. The lowest BCUT2D eigenvalue weighted by molar-refractivity contribution is 0.591. The molecule has 0 aromatic carbocycles. The van der Waals surface area contributed by atoms with Crippen LogP contribution in [0.4, 0.5) is 0 Å². The highest BCUT2D eigenvalue weighted by Gasteiger charge is 2.08. The predicted molar refractivity (Wildman–Crippen MR) is 38.0 cm³/mol. The Bertz CT molecular complexity index is 160. The molecular formula is C5H13NO2S. The maximum absolute atomic E-state index is 10.7. The molecule has 0 bridgehead atoms. The lowest BCUT2D eigenvalue weighted by atomic mass is 10.4. The molecule has 2 N–H and O–H groups in total. The molecule has 0 aromatic rings. The van der Waals surface area contributed by atoms with Crippen LogP contribution < -0.4 is 5.73 Å². The number of hydrogen-bond acceptors (Lipinski definition) is 3. The fraction of sp³-hybridized carbons (Fsp3) is 1.00. The highest BCUT2D eigenvalue weighted by molar-refractivity contribution is 7.91. The summed E-state index contributed by atoms with van der Waals surface area (Å²) in [4.78, 5) is 0. The molecule has 0 aliphatic rings. The summed E-state index contributed by atoms with van der Waals surface area (Å²) < 4.78 is 21.5. The topological polar surface area (TPSA) is 60.2 Å². The van der Waals surface area contributed by atoms with Gasteiger partial charge in [0.05, 0.1) is 5.75 Å². The first-order valence-corrected chi connectivity index (χ1v) is 4.76. The Kier molecular flexibility index (Phi) is 3.14. The third-order valence-corrected chi connectivity index (χ3v) is 2.87. The highest BCUT2D eigenvalue weighted by atomic mass is 32.2. The van der Waals surface area contributed by atoms with Crippen molar-refractivity contribution in [3.8, 4) is 0 Å². The molecule has 0 saturated carbocycles. The molecule has 9 heavy (non-hydrogen) atoms. The van der Waals surface area contributed by atoms with Crippen LogP contribution in [0.25, 0.3) is 0 Å². The molecule has 1 atom stereocenters. The van der Waals surface area contributed by atoms with Gasteiger partial charge in [0, 0.05) is 11.8 Å². The van der Waals surface area contributed by atoms with Crippen molar-refractivity contribution in [2.75, 3.05) is 11.5 Å². The van der Waals surface area contributed by atoms with Gasteiger partial charge < -0.3 is 5.73 Å². The average molecular weight is 151 g/mol. The van der Waals surface area contributed by atoms with Gasteiger partial charge in [-0.15, -0.1) is 0 Å². The summed E-state index contributed by atoms with van der Waals surface area (Å²) in [5.41, 5.74) is 5.27. The molecule has 0 aromatic heterocycles. The van der Waals surface area contributed by atoms with Crippen molar-refractivity contribution in [1.29, 1.82) is 0 Å². The summed E-state index contributed by atoms with van der Waals surface area (Å²) >= 11 is 0. The van der Waals surface area contributed by atoms with Gasteiger partial charge in [-0.2, -0.15) is 0 Å². The molecule has 1 unspecified atom stereocenters. The average Bonchev–Trinajstić information content (AvgIpc) is 1.63. The minimum atomic E-state index is -2.84. The Labute approximate surface area is 56.2 Å². The van der Waals surface area contributed by atoms with E-state index in [4.69, 9.17) is 5.73 Å². The first kappa shape index (κ1) is 8.91. The molecule has 0 spiro atoms. The molecule has 0 aliphatic heterocycles. The van der Waals surface area contributed by atoms with E-state index in [1.165, 1.54) is 0 Å². The molecule has 0 saturated heterocycles. The summed E-state index contributed by atoms with van der Waals surface area (Å²) in [6.45, 7) is 3.31. The van der Waals surface area contributed by atoms with Gasteiger partial charge in [0.15, 0.2) is 9.84 Å². The number of hydrogen-bond donors (Lipinski definition) is 1. The Morgan fingerprint density at radius 2 is 2.00 bits per heavy atom. The fourth-order valence-corrected chi connectivity index (χ4v) is 1.56. The van der Waals surface area contributed by atoms with E-state index in [1.807, 2.05) is 0 Å². The van der Waals surface area contributed by atoms with E-state index >= 15 is 0 Å². The maximum atomic E-state index is 10.7. The normalized spacial score (nSPS) is 15.4. The zero-order valence-corrected chi connectivity index (χ0v) is 6.61. The molecule has 0 radical (unpaired) electrons. The summed E-state index contributed by atoms with van der Waals surface area (Å²) in [7, 11) is -2.84. The minimum absolute atomic E-state index is 0.101. The van der Waals surface area contributed by atoms with Crippen molar-refractivity contribution in [2.45, 2.75) is 19.9 Å². The Hall–Kier alpha value is -0.0900. The molecule has 0 heterocycles. The Morgan fingerprint density at radius 3 is 2.11 bits per heavy atom. The van der Waals surface area contributed by atoms with Gasteiger partial charge in [-0.05, 0) is 6.92 Å². The summed E-state index contributed by atoms with van der Waals surface area (Å²) in [6.07, 6.45) is 0. The van der Waals surface area contributed by atoms with E-state index in [9.17, 15) is 8.42 Å². The van der Waals surface area contributed by atoms with Crippen LogP contribution >= 0.6 is 0 Å². The van der Waals surface area contributed by atoms with E-state index in [2.05, 4.69) is 0 Å². The zero-order valence-electron chi connectivity index (χ0n) is 5.79. The van der Waals surface area contributed by atoms with Gasteiger partial charge in [-0.25, -0.2) is 8.42 Å². The standard InChI is InChI=1S/C5H13NO2S/c1-3-9(7,8)4-5(2)6/h5H,3-4,6H2,1-2H3. The molecule has 56 valence electrons. The van der Waals surface area contributed by atoms with Crippen LogP contribution in [0.5, 0.6) is 0 Å². The van der Waals surface area contributed by atoms with Gasteiger partial charge >= 0.3 is 0 Å². The molecule has 0 amide bonds. The minimum Gasteiger partial charge on any atom is -0.327 e. The first-order valence-electron chi connectivity index (χ1n) is 2.94. The van der Waals surface area contributed by atoms with Crippen LogP contribution in [-0.2, 0) is 9.84 Å². The van der Waals surface area contributed by atoms with Crippen molar-refractivity contribution in [1.82, 2.24) is 0 Å². The zero-order chi connectivity index (χ0) is 7.49. The molecular weight excluding hydrogens is 138 g/mol. The van der Waals surface area contributed by atoms with Crippen molar-refractivity contribution < 1.29 is 8.42 Å². The third kappa shape index (κ3) is 4.42. The molecule has 4 heteroatoms. The van der Waals surface area contributed by atoms with E-state index < -0.39 is 9.84 Å². The SMILES string of the molecule is CCS(=O)(=O)CC(C)N. The van der Waals surface area contributed by atoms with Crippen LogP contribution in [0.3, 0.4) is 0 Å². The molecule has 3 nitrogen and oxygen atoms in total. The maximum Gasteiger partial charge on any atom is 0.151 e. The van der Waals surface area contributed by atoms with E-state index in [1.54, 1.807) is 13.8 Å². The van der Waals surface area contributed by atoms with Crippen LogP contribution in [0.2, 0.25) is 0 Å². The lowest BCUT2D eigenvalue weighted by Crippen LogP contribution is -2.26. The second-order valence-electron chi connectivity index (χ2n) is 2.18. The fourth-order valence-electron chi connectivity index (χ4n) is 0.518. The Morgan fingerprint density at radius 1 is 1.56 bits per heavy atom. The van der Waals surface area contributed by atoms with Crippen LogP contribution in [0, 0.1) is 0 Å². The number of sulfone groups is 1. The van der Waals surface area contributed by atoms with Crippen molar-refractivity contribution in [3.05, 3.63) is 0 Å². The van der Waals surface area contributed by atoms with Gasteiger partial charge in [-0.1, -0.05) is 6.92 Å². The summed E-state index contributed by atoms with van der Waals surface area (Å²) in [5, 5.41) is 0. The highest BCUT2D eigenvalue weighted by Crippen LogP contribution is 1.90. The van der Waals surface area contributed by atoms with E-state index in [-0.39, 0.29) is 17.5 Å². The van der Waals surface area contributed by atoms with Gasteiger partial charge in [0.25, 0.3) is 0 Å². The summed E-state index contributed by atoms with van der Waals surface area (Å²) in [6, 6.07) is -0.241. The number of nitrogens with two attached hydrogens (primary N) is 1. The van der Waals surface area contributed by atoms with Gasteiger partial charge in [0.2, 0.25) is 0 Å². The van der Waals surface area contributed by atoms with Crippen LogP contribution in [0.15, 0.2) is 0 Å². The van der Waals surface area contributed by atoms with Crippen molar-refractivity contribution >= 4 is 9.84 Å². The molecule has 0 rings (SSSR count). The molecule has 0 aliphatic carbocycles. The summed E-state index contributed by atoms with van der Waals surface area (Å²) in [5.74, 6) is 0.290. The van der Waals surface area contributed by atoms with Gasteiger partial charge in [0.1, 0.15) is 0 Å². The van der Waals surface area contributed by atoms with E-state index in [0.717, 1.165) is 0 Å². The van der Waals surface area contributed by atoms with Gasteiger partial charge in [-0.3, -0.25) is 0 Å². The molecule has 0 fully saturated rings. The van der Waals surface area contributed by atoms with E-state index in [0.29, 0.717) is 0 Å². The second-order valence-corrected chi connectivity index (χ2v) is 4.57. The van der Waals surface area contributed by atoms with Crippen molar-refractivity contribution in [2.24, 2.45) is 5.73 Å². The number of rotatable bonds is 3. The van der Waals surface area contributed by atoms with Crippen LogP contribution in [-0.4, -0.2) is 26.0 Å². The quantitative estimate of drug-likeness (QED) is 0.606. The first-order chi connectivity index (χ1) is 3.98. The largest absolute Gasteiger partial charge is 0.327 e. The monoisotopic (exact) mass is 151 g/mol. The smallest absolute Gasteiger partial charge is 0.151 e. The predicted octanol–water partition coefficient (Wildman–Crippen LogP) is -0.232.